The van der Waals surface area contributed by atoms with Crippen molar-refractivity contribution in [3.8, 4) is 5.69 Å². The van der Waals surface area contributed by atoms with Crippen molar-refractivity contribution in [2.24, 2.45) is 0 Å². The molecule has 0 fully saturated rings. The van der Waals surface area contributed by atoms with E-state index in [1.54, 1.807) is 0 Å². The molecule has 0 aliphatic carbocycles. The van der Waals surface area contributed by atoms with Crippen molar-refractivity contribution >= 4 is 33.5 Å². The summed E-state index contributed by atoms with van der Waals surface area (Å²) in [7, 11) is 1.32. The fourth-order valence-corrected chi connectivity index (χ4v) is 2.29. The zero-order valence-corrected chi connectivity index (χ0v) is 13.5. The molecule has 0 aliphatic heterocycles. The summed E-state index contributed by atoms with van der Waals surface area (Å²) in [6.45, 7) is 2.72. The first kappa shape index (κ1) is 15.4. The van der Waals surface area contributed by atoms with Gasteiger partial charge in [0.1, 0.15) is 11.4 Å². The number of rotatable bonds is 5. The minimum atomic E-state index is -0.507. The summed E-state index contributed by atoms with van der Waals surface area (Å²) in [6, 6.07) is 7.50. The summed E-state index contributed by atoms with van der Waals surface area (Å²) in [5, 5.41) is 7.49. The van der Waals surface area contributed by atoms with Gasteiger partial charge in [0.15, 0.2) is 5.82 Å². The lowest BCUT2D eigenvalue weighted by molar-refractivity contribution is 0.0603. The molecule has 0 bridgehead atoms. The van der Waals surface area contributed by atoms with Crippen molar-refractivity contribution in [2.45, 2.75) is 13.3 Å². The minimum Gasteiger partial charge on any atom is -0.465 e. The number of methoxy groups -OCH3 is 1. The predicted octanol–water partition coefficient (Wildman–Crippen LogP) is 2.83. The fourth-order valence-electron chi connectivity index (χ4n) is 1.91. The lowest BCUT2D eigenvalue weighted by Crippen LogP contribution is -2.09. The van der Waals surface area contributed by atoms with Gasteiger partial charge in [0, 0.05) is 11.0 Å². The SMILES string of the molecule is CCCNc1nn(-c2cccc(Br)c2)c(N)c1C(=O)OC. The van der Waals surface area contributed by atoms with Crippen LogP contribution in [0.25, 0.3) is 5.69 Å². The molecule has 0 radical (unpaired) electrons. The van der Waals surface area contributed by atoms with E-state index in [1.807, 2.05) is 31.2 Å². The smallest absolute Gasteiger partial charge is 0.345 e. The average molecular weight is 353 g/mol. The Morgan fingerprint density at radius 2 is 2.29 bits per heavy atom. The van der Waals surface area contributed by atoms with Crippen LogP contribution in [0.15, 0.2) is 28.7 Å². The second-order valence-electron chi connectivity index (χ2n) is 4.42. The maximum Gasteiger partial charge on any atom is 0.345 e. The van der Waals surface area contributed by atoms with Gasteiger partial charge in [-0.1, -0.05) is 28.9 Å². The Kier molecular flexibility index (Phi) is 4.85. The monoisotopic (exact) mass is 352 g/mol. The van der Waals surface area contributed by atoms with Crippen molar-refractivity contribution in [3.63, 3.8) is 0 Å². The number of nitrogens with zero attached hydrogens (tertiary/aromatic N) is 2. The van der Waals surface area contributed by atoms with Crippen molar-refractivity contribution in [1.82, 2.24) is 9.78 Å². The molecule has 0 unspecified atom stereocenters. The van der Waals surface area contributed by atoms with Crippen LogP contribution in [0.5, 0.6) is 0 Å². The predicted molar refractivity (Wildman–Crippen MR) is 85.8 cm³/mol. The molecular weight excluding hydrogens is 336 g/mol. The Bertz CT molecular complexity index is 654. The van der Waals surface area contributed by atoms with Crippen LogP contribution < -0.4 is 11.1 Å². The minimum absolute atomic E-state index is 0.249. The van der Waals surface area contributed by atoms with E-state index in [1.165, 1.54) is 11.8 Å². The van der Waals surface area contributed by atoms with Crippen LogP contribution in [0, 0.1) is 0 Å². The highest BCUT2D eigenvalue weighted by molar-refractivity contribution is 9.10. The number of aromatic nitrogens is 2. The van der Waals surface area contributed by atoms with Crippen molar-refractivity contribution < 1.29 is 9.53 Å². The third kappa shape index (κ3) is 3.18. The van der Waals surface area contributed by atoms with Crippen molar-refractivity contribution in [2.75, 3.05) is 24.7 Å². The van der Waals surface area contributed by atoms with Gasteiger partial charge in [-0.25, -0.2) is 9.48 Å². The van der Waals surface area contributed by atoms with E-state index in [9.17, 15) is 4.79 Å². The van der Waals surface area contributed by atoms with Gasteiger partial charge in [-0.15, -0.1) is 5.10 Å². The van der Waals surface area contributed by atoms with Crippen LogP contribution in [0.4, 0.5) is 11.6 Å². The maximum absolute atomic E-state index is 11.9. The Morgan fingerprint density at radius 3 is 2.90 bits per heavy atom. The lowest BCUT2D eigenvalue weighted by Gasteiger charge is -2.04. The Labute approximate surface area is 131 Å². The first-order valence-electron chi connectivity index (χ1n) is 6.55. The first-order valence-corrected chi connectivity index (χ1v) is 7.34. The summed E-state index contributed by atoms with van der Waals surface area (Å²) in [5.74, 6) is 0.173. The molecule has 21 heavy (non-hydrogen) atoms. The largest absolute Gasteiger partial charge is 0.465 e. The molecule has 1 aromatic carbocycles. The summed E-state index contributed by atoms with van der Waals surface area (Å²) in [6.07, 6.45) is 0.907. The molecule has 1 aromatic heterocycles. The molecule has 3 N–H and O–H groups in total. The van der Waals surface area contributed by atoms with Crippen LogP contribution in [0.1, 0.15) is 23.7 Å². The van der Waals surface area contributed by atoms with Crippen molar-refractivity contribution in [1.29, 1.82) is 0 Å². The van der Waals surface area contributed by atoms with E-state index >= 15 is 0 Å². The molecule has 0 atom stereocenters. The molecular formula is C14H17BrN4O2. The van der Waals surface area contributed by atoms with E-state index in [0.29, 0.717) is 12.4 Å². The average Bonchev–Trinajstić information content (AvgIpc) is 2.81. The Hall–Kier alpha value is -2.02. The number of nitrogens with two attached hydrogens (primary N) is 1. The van der Waals surface area contributed by atoms with E-state index in [4.69, 9.17) is 10.5 Å². The molecule has 2 aromatic rings. The maximum atomic E-state index is 11.9. The molecule has 0 spiro atoms. The highest BCUT2D eigenvalue weighted by Gasteiger charge is 2.23. The van der Waals surface area contributed by atoms with E-state index in [0.717, 1.165) is 16.6 Å². The topological polar surface area (TPSA) is 82.2 Å². The summed E-state index contributed by atoms with van der Waals surface area (Å²) in [4.78, 5) is 11.9. The van der Waals surface area contributed by atoms with Crippen LogP contribution in [0.2, 0.25) is 0 Å². The number of hydrogen-bond donors (Lipinski definition) is 2. The van der Waals surface area contributed by atoms with Gasteiger partial charge in [-0.2, -0.15) is 0 Å². The fraction of sp³-hybridized carbons (Fsp3) is 0.286. The number of nitrogens with one attached hydrogen (secondary N) is 1. The number of hydrogen-bond acceptors (Lipinski definition) is 5. The molecule has 0 saturated carbocycles. The molecule has 1 heterocycles. The van der Waals surface area contributed by atoms with E-state index < -0.39 is 5.97 Å². The number of nitrogen functional groups attached to an aromatic ring is 1. The number of esters is 1. The van der Waals surface area contributed by atoms with E-state index in [-0.39, 0.29) is 11.4 Å². The third-order valence-electron chi connectivity index (χ3n) is 2.91. The number of carbonyl (C=O) groups is 1. The van der Waals surface area contributed by atoms with Gasteiger partial charge in [0.05, 0.1) is 12.8 Å². The third-order valence-corrected chi connectivity index (χ3v) is 3.40. The van der Waals surface area contributed by atoms with Gasteiger partial charge < -0.3 is 15.8 Å². The van der Waals surface area contributed by atoms with E-state index in [2.05, 4.69) is 26.3 Å². The van der Waals surface area contributed by atoms with Crippen molar-refractivity contribution in [3.05, 3.63) is 34.3 Å². The molecule has 0 aliphatic rings. The summed E-state index contributed by atoms with van der Waals surface area (Å²) < 4.78 is 7.21. The Morgan fingerprint density at radius 1 is 1.52 bits per heavy atom. The summed E-state index contributed by atoms with van der Waals surface area (Å²) >= 11 is 3.40. The molecule has 112 valence electrons. The zero-order chi connectivity index (χ0) is 15.4. The van der Waals surface area contributed by atoms with Crippen LogP contribution >= 0.6 is 15.9 Å². The van der Waals surface area contributed by atoms with Gasteiger partial charge >= 0.3 is 5.97 Å². The van der Waals surface area contributed by atoms with Gasteiger partial charge in [0.2, 0.25) is 0 Å². The lowest BCUT2D eigenvalue weighted by atomic mass is 10.3. The number of halogens is 1. The second-order valence-corrected chi connectivity index (χ2v) is 5.33. The molecule has 0 saturated heterocycles. The Balaban J connectivity index is 2.52. The van der Waals surface area contributed by atoms with Crippen LogP contribution in [-0.2, 0) is 4.74 Å². The summed E-state index contributed by atoms with van der Waals surface area (Å²) in [5.41, 5.74) is 7.09. The molecule has 6 nitrogen and oxygen atoms in total. The first-order chi connectivity index (χ1) is 10.1. The second kappa shape index (κ2) is 6.62. The number of carbonyl (C=O) groups excluding carboxylic acids is 1. The zero-order valence-electron chi connectivity index (χ0n) is 11.9. The highest BCUT2D eigenvalue weighted by Crippen LogP contribution is 2.26. The van der Waals surface area contributed by atoms with Crippen LogP contribution in [-0.4, -0.2) is 29.4 Å². The standard InChI is InChI=1S/C14H17BrN4O2/c1-3-7-17-13-11(14(20)21-2)12(16)19(18-13)10-6-4-5-9(15)8-10/h4-6,8H,3,7,16H2,1-2H3,(H,17,18). The van der Waals surface area contributed by atoms with Gasteiger partial charge in [-0.05, 0) is 24.6 Å². The number of ether oxygens (including phenoxy) is 1. The highest BCUT2D eigenvalue weighted by atomic mass is 79.9. The van der Waals surface area contributed by atoms with Crippen LogP contribution in [0.3, 0.4) is 0 Å². The van der Waals surface area contributed by atoms with Gasteiger partial charge in [-0.3, -0.25) is 0 Å². The molecule has 2 rings (SSSR count). The normalized spacial score (nSPS) is 10.4. The molecule has 7 heteroatoms. The van der Waals surface area contributed by atoms with Gasteiger partial charge in [0.25, 0.3) is 0 Å². The molecule has 0 amide bonds. The quantitative estimate of drug-likeness (QED) is 0.808. The number of benzene rings is 1. The number of anilines is 2.